The third-order valence-corrected chi connectivity index (χ3v) is 4.88. The van der Waals surface area contributed by atoms with E-state index in [1.807, 2.05) is 6.20 Å². The molecule has 1 fully saturated rings. The summed E-state index contributed by atoms with van der Waals surface area (Å²) in [7, 11) is 1.75. The minimum absolute atomic E-state index is 0.644. The molecule has 0 bridgehead atoms. The highest BCUT2D eigenvalue weighted by Crippen LogP contribution is 2.30. The standard InChI is InChI=1S/C18H30N2O/c1-5-19-17(15-8-6-7-9-15)11-10-16-14(3)18(21-4)13(2)12-20-16/h12,15,17,19H,5-11H2,1-4H3. The van der Waals surface area contributed by atoms with Gasteiger partial charge in [0.2, 0.25) is 0 Å². The van der Waals surface area contributed by atoms with Gasteiger partial charge >= 0.3 is 0 Å². The second kappa shape index (κ2) is 7.79. The van der Waals surface area contributed by atoms with E-state index in [0.29, 0.717) is 6.04 Å². The van der Waals surface area contributed by atoms with Crippen LogP contribution >= 0.6 is 0 Å². The average Bonchev–Trinajstić information content (AvgIpc) is 2.99. The van der Waals surface area contributed by atoms with Crippen LogP contribution in [0.5, 0.6) is 5.75 Å². The van der Waals surface area contributed by atoms with Crippen LogP contribution in [0.3, 0.4) is 0 Å². The normalized spacial score (nSPS) is 17.1. The average molecular weight is 290 g/mol. The SMILES string of the molecule is CCNC(CCc1ncc(C)c(OC)c1C)C1CCCC1. The summed E-state index contributed by atoms with van der Waals surface area (Å²) in [6, 6.07) is 0.644. The van der Waals surface area contributed by atoms with Crippen molar-refractivity contribution in [1.29, 1.82) is 0 Å². The van der Waals surface area contributed by atoms with Gasteiger partial charge in [0.1, 0.15) is 5.75 Å². The van der Waals surface area contributed by atoms with E-state index in [1.54, 1.807) is 7.11 Å². The summed E-state index contributed by atoms with van der Waals surface area (Å²) >= 11 is 0. The van der Waals surface area contributed by atoms with Crippen LogP contribution in [0.4, 0.5) is 0 Å². The Bertz CT molecular complexity index is 453. The van der Waals surface area contributed by atoms with Crippen LogP contribution in [0.15, 0.2) is 6.20 Å². The molecule has 21 heavy (non-hydrogen) atoms. The Morgan fingerprint density at radius 1 is 1.33 bits per heavy atom. The zero-order chi connectivity index (χ0) is 15.2. The number of pyridine rings is 1. The van der Waals surface area contributed by atoms with Crippen molar-refractivity contribution in [2.45, 2.75) is 65.3 Å². The molecule has 1 aromatic rings. The first-order valence-electron chi connectivity index (χ1n) is 8.39. The number of hydrogen-bond donors (Lipinski definition) is 1. The quantitative estimate of drug-likeness (QED) is 0.829. The third-order valence-electron chi connectivity index (χ3n) is 4.88. The molecule has 1 saturated carbocycles. The van der Waals surface area contributed by atoms with Gasteiger partial charge in [-0.3, -0.25) is 4.98 Å². The number of nitrogens with zero attached hydrogens (tertiary/aromatic N) is 1. The van der Waals surface area contributed by atoms with E-state index >= 15 is 0 Å². The monoisotopic (exact) mass is 290 g/mol. The van der Waals surface area contributed by atoms with Crippen molar-refractivity contribution in [3.05, 3.63) is 23.0 Å². The second-order valence-corrected chi connectivity index (χ2v) is 6.29. The second-order valence-electron chi connectivity index (χ2n) is 6.29. The van der Waals surface area contributed by atoms with Gasteiger partial charge in [-0.05, 0) is 52.0 Å². The number of nitrogens with one attached hydrogen (secondary N) is 1. The van der Waals surface area contributed by atoms with E-state index in [9.17, 15) is 0 Å². The van der Waals surface area contributed by atoms with Gasteiger partial charge in [-0.1, -0.05) is 19.8 Å². The Morgan fingerprint density at radius 3 is 2.67 bits per heavy atom. The van der Waals surface area contributed by atoms with Crippen molar-refractivity contribution in [3.8, 4) is 5.75 Å². The summed E-state index contributed by atoms with van der Waals surface area (Å²) < 4.78 is 5.51. The smallest absolute Gasteiger partial charge is 0.128 e. The fraction of sp³-hybridized carbons (Fsp3) is 0.722. The molecule has 1 aliphatic rings. The fourth-order valence-corrected chi connectivity index (χ4v) is 3.74. The molecular formula is C18H30N2O. The molecule has 2 rings (SSSR count). The zero-order valence-electron chi connectivity index (χ0n) is 14.0. The Morgan fingerprint density at radius 2 is 2.05 bits per heavy atom. The molecule has 0 aliphatic heterocycles. The molecule has 0 amide bonds. The molecule has 1 unspecified atom stereocenters. The van der Waals surface area contributed by atoms with Gasteiger partial charge < -0.3 is 10.1 Å². The summed E-state index contributed by atoms with van der Waals surface area (Å²) in [4.78, 5) is 4.64. The molecule has 0 radical (unpaired) electrons. The van der Waals surface area contributed by atoms with E-state index in [1.165, 1.54) is 43.4 Å². The van der Waals surface area contributed by atoms with Gasteiger partial charge in [-0.2, -0.15) is 0 Å². The first-order valence-corrected chi connectivity index (χ1v) is 8.39. The highest BCUT2D eigenvalue weighted by Gasteiger charge is 2.24. The van der Waals surface area contributed by atoms with E-state index in [-0.39, 0.29) is 0 Å². The van der Waals surface area contributed by atoms with Gasteiger partial charge in [0.25, 0.3) is 0 Å². The predicted molar refractivity (Wildman–Crippen MR) is 88.0 cm³/mol. The van der Waals surface area contributed by atoms with Crippen molar-refractivity contribution in [1.82, 2.24) is 10.3 Å². The molecule has 1 N–H and O–H groups in total. The molecule has 1 heterocycles. The number of ether oxygens (including phenoxy) is 1. The highest BCUT2D eigenvalue weighted by molar-refractivity contribution is 5.41. The highest BCUT2D eigenvalue weighted by atomic mass is 16.5. The van der Waals surface area contributed by atoms with Crippen molar-refractivity contribution in [3.63, 3.8) is 0 Å². The van der Waals surface area contributed by atoms with Crippen molar-refractivity contribution >= 4 is 0 Å². The summed E-state index contributed by atoms with van der Waals surface area (Å²) in [5.74, 6) is 1.86. The van der Waals surface area contributed by atoms with E-state index in [4.69, 9.17) is 4.74 Å². The molecule has 3 nitrogen and oxygen atoms in total. The topological polar surface area (TPSA) is 34.2 Å². The van der Waals surface area contributed by atoms with E-state index < -0.39 is 0 Å². The van der Waals surface area contributed by atoms with Gasteiger partial charge in [-0.15, -0.1) is 0 Å². The lowest BCUT2D eigenvalue weighted by molar-refractivity contribution is 0.344. The molecule has 1 aromatic heterocycles. The summed E-state index contributed by atoms with van der Waals surface area (Å²) in [6.07, 6.45) is 9.75. The Balaban J connectivity index is 2.03. The van der Waals surface area contributed by atoms with Crippen LogP contribution in [0, 0.1) is 19.8 Å². The number of methoxy groups -OCH3 is 1. The first kappa shape index (κ1) is 16.3. The first-order chi connectivity index (χ1) is 10.2. The van der Waals surface area contributed by atoms with E-state index in [2.05, 4.69) is 31.1 Å². The maximum absolute atomic E-state index is 5.51. The molecule has 1 aliphatic carbocycles. The summed E-state index contributed by atoms with van der Waals surface area (Å²) in [5, 5.41) is 3.70. The molecule has 118 valence electrons. The molecule has 0 saturated heterocycles. The van der Waals surface area contributed by atoms with Crippen LogP contribution in [0.25, 0.3) is 0 Å². The van der Waals surface area contributed by atoms with Crippen LogP contribution in [0.2, 0.25) is 0 Å². The van der Waals surface area contributed by atoms with Gasteiger partial charge in [0.15, 0.2) is 0 Å². The minimum atomic E-state index is 0.644. The molecule has 0 spiro atoms. The van der Waals surface area contributed by atoms with Gasteiger partial charge in [-0.25, -0.2) is 0 Å². The fourth-order valence-electron chi connectivity index (χ4n) is 3.74. The number of aryl methyl sites for hydroxylation is 2. The lowest BCUT2D eigenvalue weighted by Gasteiger charge is -2.24. The lowest BCUT2D eigenvalue weighted by Crippen LogP contribution is -2.35. The summed E-state index contributed by atoms with van der Waals surface area (Å²) in [6.45, 7) is 7.46. The summed E-state index contributed by atoms with van der Waals surface area (Å²) in [5.41, 5.74) is 3.52. The van der Waals surface area contributed by atoms with Crippen LogP contribution in [-0.2, 0) is 6.42 Å². The Kier molecular flexibility index (Phi) is 6.04. The molecular weight excluding hydrogens is 260 g/mol. The largest absolute Gasteiger partial charge is 0.496 e. The van der Waals surface area contributed by atoms with Crippen molar-refractivity contribution in [2.24, 2.45) is 5.92 Å². The van der Waals surface area contributed by atoms with Gasteiger partial charge in [0, 0.05) is 29.1 Å². The minimum Gasteiger partial charge on any atom is -0.496 e. The van der Waals surface area contributed by atoms with Gasteiger partial charge in [0.05, 0.1) is 7.11 Å². The molecule has 3 heteroatoms. The van der Waals surface area contributed by atoms with Crippen molar-refractivity contribution in [2.75, 3.05) is 13.7 Å². The van der Waals surface area contributed by atoms with E-state index in [0.717, 1.165) is 30.2 Å². The van der Waals surface area contributed by atoms with Crippen LogP contribution in [0.1, 0.15) is 55.8 Å². The third kappa shape index (κ3) is 3.97. The van der Waals surface area contributed by atoms with Crippen LogP contribution in [-0.4, -0.2) is 24.7 Å². The maximum atomic E-state index is 5.51. The van der Waals surface area contributed by atoms with Crippen LogP contribution < -0.4 is 10.1 Å². The molecule has 0 aromatic carbocycles. The van der Waals surface area contributed by atoms with Crippen molar-refractivity contribution < 1.29 is 4.74 Å². The zero-order valence-corrected chi connectivity index (χ0v) is 14.0. The Labute approximate surface area is 129 Å². The molecule has 1 atom stereocenters. The maximum Gasteiger partial charge on any atom is 0.128 e. The Hall–Kier alpha value is -1.09. The number of hydrogen-bond acceptors (Lipinski definition) is 3. The lowest BCUT2D eigenvalue weighted by atomic mass is 9.92. The predicted octanol–water partition coefficient (Wildman–Crippen LogP) is 3.81. The number of aromatic nitrogens is 1. The number of rotatable bonds is 7.